The molecule has 116 valence electrons. The first-order valence-corrected chi connectivity index (χ1v) is 8.24. The minimum atomic E-state index is 1.10. The maximum Gasteiger partial charge on any atom is 0.255 e. The third kappa shape index (κ3) is 3.74. The summed E-state index contributed by atoms with van der Waals surface area (Å²) < 4.78 is 9.25. The Morgan fingerprint density at radius 2 is 1.19 bits per heavy atom. The molecule has 4 heteroatoms. The van der Waals surface area contributed by atoms with E-state index in [4.69, 9.17) is 0 Å². The van der Waals surface area contributed by atoms with Crippen molar-refractivity contribution in [3.63, 3.8) is 0 Å². The van der Waals surface area contributed by atoms with Crippen LogP contribution in [-0.4, -0.2) is 9.13 Å². The molecule has 0 aromatic carbocycles. The van der Waals surface area contributed by atoms with Crippen LogP contribution in [0, 0.1) is 0 Å². The predicted octanol–water partition coefficient (Wildman–Crippen LogP) is 1.93. The molecule has 2 rings (SSSR count). The van der Waals surface area contributed by atoms with Gasteiger partial charge in [0.05, 0.1) is 27.2 Å². The number of hydrogen-bond donors (Lipinski definition) is 0. The number of unbranched alkanes of at least 4 members (excludes halogenated alkanes) is 2. The second kappa shape index (κ2) is 7.43. The van der Waals surface area contributed by atoms with E-state index in [0.717, 1.165) is 25.9 Å². The molecule has 0 unspecified atom stereocenters. The second-order valence-corrected chi connectivity index (χ2v) is 5.81. The van der Waals surface area contributed by atoms with Gasteiger partial charge in [0.25, 0.3) is 11.6 Å². The van der Waals surface area contributed by atoms with Crippen LogP contribution in [0.25, 0.3) is 0 Å². The van der Waals surface area contributed by atoms with Crippen molar-refractivity contribution in [1.82, 2.24) is 9.13 Å². The molecular weight excluding hydrogens is 260 g/mol. The Labute approximate surface area is 128 Å². The predicted molar refractivity (Wildman–Crippen MR) is 83.8 cm³/mol. The van der Waals surface area contributed by atoms with E-state index in [9.17, 15) is 0 Å². The average Bonchev–Trinajstić information content (AvgIpc) is 3.01. The molecule has 0 aliphatic heterocycles. The SMILES string of the molecule is CCc1n(CCCCCn2cc[n+](C)c2CC)cc[n+]1C. The molecule has 0 saturated carbocycles. The van der Waals surface area contributed by atoms with Crippen LogP contribution in [0.3, 0.4) is 0 Å². The highest BCUT2D eigenvalue weighted by Crippen LogP contribution is 2.05. The zero-order valence-corrected chi connectivity index (χ0v) is 14.0. The summed E-state index contributed by atoms with van der Waals surface area (Å²) in [5.41, 5.74) is 0. The van der Waals surface area contributed by atoms with Crippen LogP contribution in [0.2, 0.25) is 0 Å². The summed E-state index contributed by atoms with van der Waals surface area (Å²) in [5.74, 6) is 2.83. The van der Waals surface area contributed by atoms with E-state index in [1.165, 1.54) is 30.9 Å². The highest BCUT2D eigenvalue weighted by molar-refractivity contribution is 4.83. The van der Waals surface area contributed by atoms with Crippen LogP contribution >= 0.6 is 0 Å². The van der Waals surface area contributed by atoms with Crippen molar-refractivity contribution in [2.45, 2.75) is 59.0 Å². The Kier molecular flexibility index (Phi) is 5.59. The quantitative estimate of drug-likeness (QED) is 0.522. The molecule has 2 aromatic rings. The number of hydrogen-bond acceptors (Lipinski definition) is 0. The van der Waals surface area contributed by atoms with Crippen molar-refractivity contribution < 1.29 is 9.13 Å². The van der Waals surface area contributed by atoms with Crippen molar-refractivity contribution in [2.24, 2.45) is 14.1 Å². The van der Waals surface area contributed by atoms with E-state index < -0.39 is 0 Å². The lowest BCUT2D eigenvalue weighted by molar-refractivity contribution is -0.678. The van der Waals surface area contributed by atoms with Crippen molar-refractivity contribution in [1.29, 1.82) is 0 Å². The zero-order chi connectivity index (χ0) is 15.2. The van der Waals surface area contributed by atoms with Gasteiger partial charge in [-0.15, -0.1) is 0 Å². The van der Waals surface area contributed by atoms with Crippen LogP contribution in [-0.2, 0) is 40.0 Å². The van der Waals surface area contributed by atoms with Gasteiger partial charge in [0.2, 0.25) is 0 Å². The number of aromatic nitrogens is 4. The molecule has 4 nitrogen and oxygen atoms in total. The topological polar surface area (TPSA) is 17.6 Å². The van der Waals surface area contributed by atoms with Crippen molar-refractivity contribution >= 4 is 0 Å². The number of imidazole rings is 2. The molecule has 2 aromatic heterocycles. The summed E-state index contributed by atoms with van der Waals surface area (Å²) in [6, 6.07) is 0. The first kappa shape index (κ1) is 15.8. The number of rotatable bonds is 8. The molecule has 0 N–H and O–H groups in total. The van der Waals surface area contributed by atoms with Crippen molar-refractivity contribution in [3.05, 3.63) is 36.4 Å². The minimum absolute atomic E-state index is 1.10. The van der Waals surface area contributed by atoms with E-state index in [2.05, 4.69) is 71.0 Å². The highest BCUT2D eigenvalue weighted by Gasteiger charge is 2.13. The standard InChI is InChI=1S/C17H30N4/c1-5-16-18(3)12-14-20(16)10-8-7-9-11-21-15-13-19(4)17(21)6-2/h12-15H,5-11H2,1-4H3/q+2. The Bertz CT molecular complexity index is 515. The van der Waals surface area contributed by atoms with Gasteiger partial charge in [-0.1, -0.05) is 13.8 Å². The monoisotopic (exact) mass is 290 g/mol. The van der Waals surface area contributed by atoms with E-state index in [-0.39, 0.29) is 0 Å². The maximum atomic E-state index is 2.40. The van der Waals surface area contributed by atoms with Gasteiger partial charge in [0, 0.05) is 12.8 Å². The van der Waals surface area contributed by atoms with Gasteiger partial charge >= 0.3 is 0 Å². The van der Waals surface area contributed by atoms with Gasteiger partial charge < -0.3 is 0 Å². The fourth-order valence-electron chi connectivity index (χ4n) is 3.16. The van der Waals surface area contributed by atoms with Gasteiger partial charge in [-0.2, -0.15) is 0 Å². The van der Waals surface area contributed by atoms with Gasteiger partial charge in [-0.3, -0.25) is 0 Å². The van der Waals surface area contributed by atoms with E-state index >= 15 is 0 Å². The first-order chi connectivity index (χ1) is 10.2. The molecule has 21 heavy (non-hydrogen) atoms. The van der Waals surface area contributed by atoms with Gasteiger partial charge in [-0.25, -0.2) is 18.3 Å². The summed E-state index contributed by atoms with van der Waals surface area (Å²) in [5, 5.41) is 0. The number of nitrogens with zero attached hydrogens (tertiary/aromatic N) is 4. The van der Waals surface area contributed by atoms with Crippen LogP contribution in [0.15, 0.2) is 24.8 Å². The van der Waals surface area contributed by atoms with E-state index in [1.54, 1.807) is 0 Å². The van der Waals surface area contributed by atoms with Crippen LogP contribution in [0.1, 0.15) is 44.8 Å². The summed E-state index contributed by atoms with van der Waals surface area (Å²) in [6.07, 6.45) is 14.7. The molecule has 0 spiro atoms. The van der Waals surface area contributed by atoms with Gasteiger partial charge in [0.1, 0.15) is 24.8 Å². The van der Waals surface area contributed by atoms with Gasteiger partial charge in [0.15, 0.2) is 0 Å². The second-order valence-electron chi connectivity index (χ2n) is 5.81. The lowest BCUT2D eigenvalue weighted by atomic mass is 10.2. The normalized spacial score (nSPS) is 11.2. The smallest absolute Gasteiger partial charge is 0.237 e. The summed E-state index contributed by atoms with van der Waals surface area (Å²) in [7, 11) is 4.27. The third-order valence-electron chi connectivity index (χ3n) is 4.35. The highest BCUT2D eigenvalue weighted by atomic mass is 15.1. The fraction of sp³-hybridized carbons (Fsp3) is 0.647. The largest absolute Gasteiger partial charge is 0.255 e. The zero-order valence-electron chi connectivity index (χ0n) is 14.0. The minimum Gasteiger partial charge on any atom is -0.237 e. The molecule has 0 saturated heterocycles. The lowest BCUT2D eigenvalue weighted by Gasteiger charge is -2.03. The van der Waals surface area contributed by atoms with Crippen LogP contribution in [0.5, 0.6) is 0 Å². The Balaban J connectivity index is 1.75. The van der Waals surface area contributed by atoms with Gasteiger partial charge in [-0.05, 0) is 19.3 Å². The van der Waals surface area contributed by atoms with E-state index in [1.807, 2.05) is 0 Å². The molecule has 0 aliphatic rings. The molecule has 0 bridgehead atoms. The Morgan fingerprint density at radius 1 is 0.762 bits per heavy atom. The molecule has 2 heterocycles. The Hall–Kier alpha value is -1.58. The molecule has 0 atom stereocenters. The molecule has 0 radical (unpaired) electrons. The molecule has 0 aliphatic carbocycles. The summed E-state index contributed by atoms with van der Waals surface area (Å²) in [6.45, 7) is 6.74. The first-order valence-electron chi connectivity index (χ1n) is 8.24. The van der Waals surface area contributed by atoms with Crippen LogP contribution < -0.4 is 9.13 Å². The van der Waals surface area contributed by atoms with Crippen LogP contribution in [0.4, 0.5) is 0 Å². The number of aryl methyl sites for hydroxylation is 4. The maximum absolute atomic E-state index is 2.40. The van der Waals surface area contributed by atoms with Crippen molar-refractivity contribution in [3.8, 4) is 0 Å². The molecular formula is C17H30N4+2. The molecule has 0 amide bonds. The average molecular weight is 290 g/mol. The lowest BCUT2D eigenvalue weighted by Crippen LogP contribution is -2.31. The van der Waals surface area contributed by atoms with E-state index in [0.29, 0.717) is 0 Å². The Morgan fingerprint density at radius 3 is 1.57 bits per heavy atom. The van der Waals surface area contributed by atoms with Crippen molar-refractivity contribution in [2.75, 3.05) is 0 Å². The summed E-state index contributed by atoms with van der Waals surface area (Å²) >= 11 is 0. The summed E-state index contributed by atoms with van der Waals surface area (Å²) in [4.78, 5) is 0. The fourth-order valence-corrected chi connectivity index (χ4v) is 3.16. The third-order valence-corrected chi connectivity index (χ3v) is 4.35. The molecule has 0 fully saturated rings.